The first-order valence-electron chi connectivity index (χ1n) is 6.27. The summed E-state index contributed by atoms with van der Waals surface area (Å²) in [4.78, 5) is 0. The summed E-state index contributed by atoms with van der Waals surface area (Å²) in [5.41, 5.74) is 0. The third-order valence-corrected chi connectivity index (χ3v) is 3.56. The molecule has 2 unspecified atom stereocenters. The van der Waals surface area contributed by atoms with Crippen LogP contribution in [0.1, 0.15) is 51.9 Å². The molecule has 2 aliphatic rings. The Balaban J connectivity index is 1.69. The normalized spacial score (nSPS) is 34.1. The molecule has 0 spiro atoms. The lowest BCUT2D eigenvalue weighted by Crippen LogP contribution is -2.39. The Kier molecular flexibility index (Phi) is 3.82. The minimum absolute atomic E-state index is 0.554. The third kappa shape index (κ3) is 2.71. The topological polar surface area (TPSA) is 21.3 Å². The lowest BCUT2D eigenvalue weighted by Gasteiger charge is -2.35. The molecule has 2 aliphatic carbocycles. The van der Waals surface area contributed by atoms with Gasteiger partial charge >= 0.3 is 0 Å². The largest absolute Gasteiger partial charge is 0.375 e. The van der Waals surface area contributed by atoms with E-state index in [1.54, 1.807) is 0 Å². The van der Waals surface area contributed by atoms with E-state index in [9.17, 15) is 0 Å². The van der Waals surface area contributed by atoms with Crippen LogP contribution in [0.4, 0.5) is 0 Å². The smallest absolute Gasteiger partial charge is 0.0593 e. The predicted octanol–water partition coefficient (Wildman–Crippen LogP) is 2.48. The fourth-order valence-electron chi connectivity index (χ4n) is 2.52. The molecule has 1 N–H and O–H groups in total. The first-order valence-corrected chi connectivity index (χ1v) is 6.27. The molecule has 0 aromatic carbocycles. The molecule has 0 saturated heterocycles. The standard InChI is InChI=1S/C12H23NO/c1-2-13-10-5-3-8-12(9-10)14-11-6-4-7-11/h10-13H,2-9H2,1H3. The molecule has 0 bridgehead atoms. The molecule has 2 heteroatoms. The van der Waals surface area contributed by atoms with Gasteiger partial charge in [0.2, 0.25) is 0 Å². The maximum Gasteiger partial charge on any atom is 0.0593 e. The van der Waals surface area contributed by atoms with Crippen LogP contribution in [0.2, 0.25) is 0 Å². The van der Waals surface area contributed by atoms with Crippen LogP contribution in [0.15, 0.2) is 0 Å². The van der Waals surface area contributed by atoms with Gasteiger partial charge in [0.05, 0.1) is 12.2 Å². The quantitative estimate of drug-likeness (QED) is 0.747. The van der Waals surface area contributed by atoms with E-state index < -0.39 is 0 Å². The molecule has 2 fully saturated rings. The summed E-state index contributed by atoms with van der Waals surface area (Å²) in [6.07, 6.45) is 10.4. The van der Waals surface area contributed by atoms with Crippen LogP contribution in [0.3, 0.4) is 0 Å². The molecule has 2 atom stereocenters. The zero-order chi connectivity index (χ0) is 9.80. The summed E-state index contributed by atoms with van der Waals surface area (Å²) in [5, 5.41) is 3.54. The molecule has 2 saturated carbocycles. The number of hydrogen-bond acceptors (Lipinski definition) is 2. The van der Waals surface area contributed by atoms with E-state index in [-0.39, 0.29) is 0 Å². The highest BCUT2D eigenvalue weighted by atomic mass is 16.5. The number of hydrogen-bond donors (Lipinski definition) is 1. The van der Waals surface area contributed by atoms with Crippen LogP contribution in [-0.2, 0) is 4.74 Å². The second-order valence-electron chi connectivity index (χ2n) is 4.73. The Morgan fingerprint density at radius 2 is 1.79 bits per heavy atom. The highest BCUT2D eigenvalue weighted by Gasteiger charge is 2.26. The van der Waals surface area contributed by atoms with Gasteiger partial charge in [-0.1, -0.05) is 6.92 Å². The minimum Gasteiger partial charge on any atom is -0.375 e. The van der Waals surface area contributed by atoms with Crippen LogP contribution in [-0.4, -0.2) is 24.8 Å². The van der Waals surface area contributed by atoms with Crippen molar-refractivity contribution in [1.82, 2.24) is 5.32 Å². The number of rotatable bonds is 4. The molecule has 0 heterocycles. The molecule has 0 aromatic rings. The highest BCUT2D eigenvalue weighted by molar-refractivity contribution is 4.80. The molecule has 2 rings (SSSR count). The molecule has 0 radical (unpaired) electrons. The van der Waals surface area contributed by atoms with Crippen molar-refractivity contribution >= 4 is 0 Å². The molecular formula is C12H23NO. The lowest BCUT2D eigenvalue weighted by molar-refractivity contribution is -0.0687. The van der Waals surface area contributed by atoms with Crippen LogP contribution in [0, 0.1) is 0 Å². The Labute approximate surface area is 87.4 Å². The van der Waals surface area contributed by atoms with Gasteiger partial charge in [-0.2, -0.15) is 0 Å². The van der Waals surface area contributed by atoms with Crippen LogP contribution in [0.5, 0.6) is 0 Å². The minimum atomic E-state index is 0.554. The van der Waals surface area contributed by atoms with Gasteiger partial charge in [-0.05, 0) is 51.5 Å². The van der Waals surface area contributed by atoms with E-state index in [1.807, 2.05) is 0 Å². The first kappa shape index (κ1) is 10.4. The van der Waals surface area contributed by atoms with Gasteiger partial charge in [-0.25, -0.2) is 0 Å². The fourth-order valence-corrected chi connectivity index (χ4v) is 2.52. The van der Waals surface area contributed by atoms with E-state index in [0.29, 0.717) is 12.2 Å². The Bertz CT molecular complexity index is 166. The summed E-state index contributed by atoms with van der Waals surface area (Å²) < 4.78 is 6.06. The summed E-state index contributed by atoms with van der Waals surface area (Å²) in [6.45, 7) is 3.29. The number of ether oxygens (including phenoxy) is 1. The van der Waals surface area contributed by atoms with Gasteiger partial charge < -0.3 is 10.1 Å². The van der Waals surface area contributed by atoms with E-state index >= 15 is 0 Å². The summed E-state index contributed by atoms with van der Waals surface area (Å²) in [7, 11) is 0. The zero-order valence-corrected chi connectivity index (χ0v) is 9.30. The van der Waals surface area contributed by atoms with E-state index in [4.69, 9.17) is 4.74 Å². The predicted molar refractivity (Wildman–Crippen MR) is 58.4 cm³/mol. The number of nitrogens with one attached hydrogen (secondary N) is 1. The molecular weight excluding hydrogens is 174 g/mol. The van der Waals surface area contributed by atoms with Crippen molar-refractivity contribution in [3.8, 4) is 0 Å². The van der Waals surface area contributed by atoms with Crippen molar-refractivity contribution < 1.29 is 4.74 Å². The van der Waals surface area contributed by atoms with Crippen LogP contribution >= 0.6 is 0 Å². The lowest BCUT2D eigenvalue weighted by atomic mass is 9.91. The van der Waals surface area contributed by atoms with Gasteiger partial charge in [0.1, 0.15) is 0 Å². The van der Waals surface area contributed by atoms with Gasteiger partial charge in [0.25, 0.3) is 0 Å². The zero-order valence-electron chi connectivity index (χ0n) is 9.30. The van der Waals surface area contributed by atoms with Crippen molar-refractivity contribution in [1.29, 1.82) is 0 Å². The summed E-state index contributed by atoms with van der Waals surface area (Å²) in [5.74, 6) is 0. The molecule has 14 heavy (non-hydrogen) atoms. The molecule has 82 valence electrons. The van der Waals surface area contributed by atoms with E-state index in [2.05, 4.69) is 12.2 Å². The maximum atomic E-state index is 6.06. The SMILES string of the molecule is CCNC1CCCC(OC2CCC2)C1. The molecule has 2 nitrogen and oxygen atoms in total. The van der Waals surface area contributed by atoms with Crippen molar-refractivity contribution in [2.24, 2.45) is 0 Å². The van der Waals surface area contributed by atoms with Crippen LogP contribution < -0.4 is 5.32 Å². The monoisotopic (exact) mass is 197 g/mol. The van der Waals surface area contributed by atoms with Crippen molar-refractivity contribution in [2.45, 2.75) is 70.1 Å². The Morgan fingerprint density at radius 1 is 1.07 bits per heavy atom. The second kappa shape index (κ2) is 5.13. The van der Waals surface area contributed by atoms with E-state index in [0.717, 1.165) is 12.6 Å². The van der Waals surface area contributed by atoms with Gasteiger partial charge in [-0.3, -0.25) is 0 Å². The van der Waals surface area contributed by atoms with Gasteiger partial charge in [0, 0.05) is 6.04 Å². The van der Waals surface area contributed by atoms with Crippen LogP contribution in [0.25, 0.3) is 0 Å². The third-order valence-electron chi connectivity index (χ3n) is 3.56. The van der Waals surface area contributed by atoms with Crippen molar-refractivity contribution in [3.05, 3.63) is 0 Å². The van der Waals surface area contributed by atoms with Crippen molar-refractivity contribution in [2.75, 3.05) is 6.54 Å². The Hall–Kier alpha value is -0.0800. The average Bonchev–Trinajstić information content (AvgIpc) is 2.13. The van der Waals surface area contributed by atoms with E-state index in [1.165, 1.54) is 44.9 Å². The van der Waals surface area contributed by atoms with Gasteiger partial charge in [-0.15, -0.1) is 0 Å². The second-order valence-corrected chi connectivity index (χ2v) is 4.73. The molecule has 0 aliphatic heterocycles. The maximum absolute atomic E-state index is 6.06. The molecule has 0 amide bonds. The molecule has 0 aromatic heterocycles. The van der Waals surface area contributed by atoms with Crippen molar-refractivity contribution in [3.63, 3.8) is 0 Å². The Morgan fingerprint density at radius 3 is 2.43 bits per heavy atom. The highest BCUT2D eigenvalue weighted by Crippen LogP contribution is 2.28. The van der Waals surface area contributed by atoms with Gasteiger partial charge in [0.15, 0.2) is 0 Å². The summed E-state index contributed by atoms with van der Waals surface area (Å²) in [6, 6.07) is 0.721. The fraction of sp³-hybridized carbons (Fsp3) is 1.00. The first-order chi connectivity index (χ1) is 6.88. The average molecular weight is 197 g/mol. The summed E-state index contributed by atoms with van der Waals surface area (Å²) >= 11 is 0.